The fourth-order valence-electron chi connectivity index (χ4n) is 4.55. The van der Waals surface area contributed by atoms with Gasteiger partial charge in [-0.05, 0) is 62.6 Å². The number of nitrogens with one attached hydrogen (secondary N) is 1. The number of piperidine rings is 1. The van der Waals surface area contributed by atoms with E-state index in [0.29, 0.717) is 33.7 Å². The van der Waals surface area contributed by atoms with Crippen molar-refractivity contribution in [1.82, 2.24) is 20.5 Å². The summed E-state index contributed by atoms with van der Waals surface area (Å²) >= 11 is 1.40. The minimum atomic E-state index is -0.641. The van der Waals surface area contributed by atoms with Gasteiger partial charge in [0.15, 0.2) is 0 Å². The van der Waals surface area contributed by atoms with Gasteiger partial charge in [-0.2, -0.15) is 0 Å². The molecule has 0 spiro atoms. The van der Waals surface area contributed by atoms with Crippen LogP contribution in [-0.2, 0) is 6.42 Å². The molecule has 0 unspecified atom stereocenters. The minimum absolute atomic E-state index is 0.0626. The second-order valence-corrected chi connectivity index (χ2v) is 9.71. The second kappa shape index (κ2) is 9.75. The summed E-state index contributed by atoms with van der Waals surface area (Å²) in [5.74, 6) is -1.18. The van der Waals surface area contributed by atoms with Crippen LogP contribution in [0.15, 0.2) is 42.6 Å². The average Bonchev–Trinajstić information content (AvgIpc) is 3.36. The molecule has 1 saturated heterocycles. The van der Waals surface area contributed by atoms with Gasteiger partial charge in [0.25, 0.3) is 5.91 Å². The molecule has 3 heterocycles. The molecule has 2 aromatic carbocycles. The van der Waals surface area contributed by atoms with Gasteiger partial charge in [0.05, 0.1) is 11.6 Å². The first-order valence-corrected chi connectivity index (χ1v) is 12.5. The third kappa shape index (κ3) is 4.41. The molecule has 0 saturated carbocycles. The molecule has 9 heteroatoms. The van der Waals surface area contributed by atoms with Crippen LogP contribution in [0.2, 0.25) is 0 Å². The predicted molar refractivity (Wildman–Crippen MR) is 134 cm³/mol. The molecular weight excluding hydrogens is 468 g/mol. The highest BCUT2D eigenvalue weighted by atomic mass is 32.1. The Labute approximate surface area is 206 Å². The van der Waals surface area contributed by atoms with Crippen molar-refractivity contribution in [3.8, 4) is 10.6 Å². The number of hydrogen-bond donors (Lipinski definition) is 1. The number of amides is 1. The highest BCUT2D eigenvalue weighted by Crippen LogP contribution is 2.33. The van der Waals surface area contributed by atoms with E-state index in [0.717, 1.165) is 36.4 Å². The van der Waals surface area contributed by atoms with Crippen LogP contribution in [0.4, 0.5) is 14.6 Å². The first kappa shape index (κ1) is 23.4. The highest BCUT2D eigenvalue weighted by Gasteiger charge is 2.32. The first-order valence-electron chi connectivity index (χ1n) is 11.7. The Morgan fingerprint density at radius 2 is 2.03 bits per heavy atom. The fourth-order valence-corrected chi connectivity index (χ4v) is 5.32. The van der Waals surface area contributed by atoms with E-state index < -0.39 is 11.7 Å². The van der Waals surface area contributed by atoms with Crippen molar-refractivity contribution in [2.45, 2.75) is 39.2 Å². The molecule has 0 bridgehead atoms. The molecule has 180 valence electrons. The number of hydrogen-bond acceptors (Lipinski definition) is 6. The summed E-state index contributed by atoms with van der Waals surface area (Å²) in [6.45, 7) is 5.23. The van der Waals surface area contributed by atoms with Gasteiger partial charge in [0.2, 0.25) is 0 Å². The zero-order chi connectivity index (χ0) is 24.5. The number of halogens is 2. The van der Waals surface area contributed by atoms with E-state index in [9.17, 15) is 9.18 Å². The normalized spacial score (nSPS) is 15.9. The first-order chi connectivity index (χ1) is 17.0. The van der Waals surface area contributed by atoms with E-state index in [1.165, 1.54) is 35.7 Å². The van der Waals surface area contributed by atoms with Crippen LogP contribution < -0.4 is 10.2 Å². The Balaban J connectivity index is 1.60. The summed E-state index contributed by atoms with van der Waals surface area (Å²) in [6.07, 6.45) is 3.84. The van der Waals surface area contributed by atoms with Crippen LogP contribution in [0.1, 0.15) is 40.7 Å². The zero-order valence-corrected chi connectivity index (χ0v) is 20.3. The lowest BCUT2D eigenvalue weighted by Gasteiger charge is -2.35. The lowest BCUT2D eigenvalue weighted by Crippen LogP contribution is -2.49. The van der Waals surface area contributed by atoms with E-state index in [4.69, 9.17) is 0 Å². The zero-order valence-electron chi connectivity index (χ0n) is 19.5. The van der Waals surface area contributed by atoms with Crippen molar-refractivity contribution in [2.75, 3.05) is 18.0 Å². The van der Waals surface area contributed by atoms with Crippen LogP contribution in [0.25, 0.3) is 21.3 Å². The largest absolute Gasteiger partial charge is 0.315 e. The molecule has 6 nitrogen and oxygen atoms in total. The maximum absolute atomic E-state index is 15.4. The van der Waals surface area contributed by atoms with Gasteiger partial charge in [-0.15, -0.1) is 10.2 Å². The monoisotopic (exact) mass is 493 g/mol. The summed E-state index contributed by atoms with van der Waals surface area (Å²) in [7, 11) is 0. The van der Waals surface area contributed by atoms with Crippen LogP contribution in [0.5, 0.6) is 0 Å². The quantitative estimate of drug-likeness (QED) is 0.409. The van der Waals surface area contributed by atoms with Crippen molar-refractivity contribution in [2.24, 2.45) is 0 Å². The predicted octanol–water partition coefficient (Wildman–Crippen LogP) is 5.30. The Kier molecular flexibility index (Phi) is 6.53. The van der Waals surface area contributed by atoms with Gasteiger partial charge >= 0.3 is 0 Å². The van der Waals surface area contributed by atoms with Crippen LogP contribution in [-0.4, -0.2) is 40.2 Å². The van der Waals surface area contributed by atoms with Crippen LogP contribution in [0.3, 0.4) is 0 Å². The lowest BCUT2D eigenvalue weighted by atomic mass is 10.0. The van der Waals surface area contributed by atoms with Gasteiger partial charge in [-0.1, -0.05) is 30.4 Å². The average molecular weight is 494 g/mol. The number of aromatic nitrogens is 3. The number of anilines is 1. The fraction of sp³-hybridized carbons (Fsp3) is 0.308. The number of aryl methyl sites for hydroxylation is 2. The number of pyridine rings is 1. The maximum Gasteiger partial charge on any atom is 0.262 e. The molecule has 0 aliphatic carbocycles. The van der Waals surface area contributed by atoms with Gasteiger partial charge in [0, 0.05) is 29.1 Å². The molecule has 4 aromatic rings. The smallest absolute Gasteiger partial charge is 0.262 e. The van der Waals surface area contributed by atoms with E-state index in [1.54, 1.807) is 23.1 Å². The van der Waals surface area contributed by atoms with Gasteiger partial charge in [-0.25, -0.2) is 13.8 Å². The van der Waals surface area contributed by atoms with Gasteiger partial charge in [-0.3, -0.25) is 9.69 Å². The molecule has 1 amide bonds. The van der Waals surface area contributed by atoms with Crippen molar-refractivity contribution in [3.63, 3.8) is 0 Å². The van der Waals surface area contributed by atoms with Crippen molar-refractivity contribution in [3.05, 3.63) is 70.4 Å². The maximum atomic E-state index is 15.4. The molecule has 1 N–H and O–H groups in total. The molecule has 5 rings (SSSR count). The summed E-state index contributed by atoms with van der Waals surface area (Å²) in [4.78, 5) is 20.0. The summed E-state index contributed by atoms with van der Waals surface area (Å²) < 4.78 is 30.0. The number of rotatable bonds is 5. The van der Waals surface area contributed by atoms with E-state index in [-0.39, 0.29) is 17.4 Å². The molecule has 2 aromatic heterocycles. The number of nitrogens with zero attached hydrogens (tertiary/aromatic N) is 4. The number of fused-ring (bicyclic) bond motifs is 1. The minimum Gasteiger partial charge on any atom is -0.315 e. The van der Waals surface area contributed by atoms with Crippen LogP contribution >= 0.6 is 11.3 Å². The molecule has 1 atom stereocenters. The summed E-state index contributed by atoms with van der Waals surface area (Å²) in [6, 6.07) is 8.94. The van der Waals surface area contributed by atoms with E-state index in [1.807, 2.05) is 13.8 Å². The molecule has 1 fully saturated rings. The topological polar surface area (TPSA) is 71.0 Å². The second-order valence-electron chi connectivity index (χ2n) is 8.65. The lowest BCUT2D eigenvalue weighted by molar-refractivity contribution is 0.0968. The van der Waals surface area contributed by atoms with Crippen LogP contribution in [0, 0.1) is 18.6 Å². The van der Waals surface area contributed by atoms with E-state index in [2.05, 4.69) is 20.5 Å². The molecule has 0 radical (unpaired) electrons. The SMILES string of the molecule is CCc1nnc(-c2ccc(C(=O)N(c3nccc4c(F)ccc(C)c34)[C@@H]3CCCNC3)c(F)c2)s1. The molecule has 35 heavy (non-hydrogen) atoms. The Morgan fingerprint density at radius 3 is 2.74 bits per heavy atom. The Morgan fingerprint density at radius 1 is 1.17 bits per heavy atom. The Bertz CT molecular complexity index is 1400. The van der Waals surface area contributed by atoms with Crippen molar-refractivity contribution >= 4 is 33.8 Å². The number of carbonyl (C=O) groups excluding carboxylic acids is 1. The summed E-state index contributed by atoms with van der Waals surface area (Å²) in [5, 5.41) is 14.0. The summed E-state index contributed by atoms with van der Waals surface area (Å²) in [5.41, 5.74) is 1.31. The standard InChI is InChI=1S/C26H25F2N5OS/c1-3-22-31-32-25(35-22)16-7-8-19(21(28)13-16)26(34)33(17-5-4-11-29-14-17)24-23-15(2)6-9-20(27)18(23)10-12-30-24/h6-10,12-13,17,29H,3-5,11,14H2,1-2H3/t17-/m1/s1. The number of benzene rings is 2. The van der Waals surface area contributed by atoms with Crippen molar-refractivity contribution < 1.29 is 13.6 Å². The Hall–Kier alpha value is -3.30. The third-order valence-electron chi connectivity index (χ3n) is 6.36. The van der Waals surface area contributed by atoms with Gasteiger partial charge < -0.3 is 5.32 Å². The third-order valence-corrected chi connectivity index (χ3v) is 7.48. The highest BCUT2D eigenvalue weighted by molar-refractivity contribution is 7.14. The van der Waals surface area contributed by atoms with E-state index >= 15 is 4.39 Å². The molecule has 1 aliphatic rings. The molecule has 1 aliphatic heterocycles. The van der Waals surface area contributed by atoms with Gasteiger partial charge in [0.1, 0.15) is 27.5 Å². The number of carbonyl (C=O) groups is 1. The molecular formula is C26H25F2N5OS. The van der Waals surface area contributed by atoms with Crippen molar-refractivity contribution in [1.29, 1.82) is 0 Å².